The van der Waals surface area contributed by atoms with Crippen molar-refractivity contribution in [2.45, 2.75) is 31.7 Å². The Kier molecular flexibility index (Phi) is 4.09. The van der Waals surface area contributed by atoms with E-state index in [9.17, 15) is 19.1 Å². The van der Waals surface area contributed by atoms with Crippen LogP contribution in [0.5, 0.6) is 0 Å². The molecule has 0 radical (unpaired) electrons. The van der Waals surface area contributed by atoms with Gasteiger partial charge in [-0.25, -0.2) is 9.18 Å². The maximum atomic E-state index is 13.1. The van der Waals surface area contributed by atoms with Crippen LogP contribution in [-0.2, 0) is 23.2 Å². The Hall–Kier alpha value is -2.69. The van der Waals surface area contributed by atoms with Gasteiger partial charge in [-0.1, -0.05) is 18.2 Å². The summed E-state index contributed by atoms with van der Waals surface area (Å²) >= 11 is 0. The lowest BCUT2D eigenvalue weighted by Crippen LogP contribution is -2.49. The number of carbonyl (C=O) groups is 2. The van der Waals surface area contributed by atoms with Crippen molar-refractivity contribution in [3.8, 4) is 0 Å². The number of hydrogen-bond acceptors (Lipinski definition) is 2. The van der Waals surface area contributed by atoms with Crippen LogP contribution in [0.3, 0.4) is 0 Å². The van der Waals surface area contributed by atoms with E-state index in [4.69, 9.17) is 0 Å². The fourth-order valence-electron chi connectivity index (χ4n) is 3.04. The third kappa shape index (κ3) is 2.89. The zero-order valence-corrected chi connectivity index (χ0v) is 13.3. The van der Waals surface area contributed by atoms with Crippen LogP contribution in [0.4, 0.5) is 4.39 Å². The van der Waals surface area contributed by atoms with E-state index in [1.807, 2.05) is 12.1 Å². The molecule has 1 unspecified atom stereocenters. The van der Waals surface area contributed by atoms with Crippen molar-refractivity contribution in [2.24, 2.45) is 0 Å². The molecule has 0 aliphatic heterocycles. The predicted octanol–water partition coefficient (Wildman–Crippen LogP) is 3.04. The number of hydrogen-bond donors (Lipinski definition) is 2. The van der Waals surface area contributed by atoms with Gasteiger partial charge in [0, 0.05) is 5.56 Å². The van der Waals surface area contributed by atoms with Crippen LogP contribution in [0, 0.1) is 5.82 Å². The molecule has 0 saturated carbocycles. The second-order valence-corrected chi connectivity index (χ2v) is 6.23. The zero-order chi connectivity index (χ0) is 17.3. The molecule has 5 heteroatoms. The third-order valence-corrected chi connectivity index (χ3v) is 4.57. The van der Waals surface area contributed by atoms with Crippen LogP contribution in [0.25, 0.3) is 0 Å². The van der Waals surface area contributed by atoms with E-state index in [0.717, 1.165) is 24.8 Å². The van der Waals surface area contributed by atoms with Crippen LogP contribution in [0.2, 0.25) is 0 Å². The highest BCUT2D eigenvalue weighted by Gasteiger charge is 2.37. The largest absolute Gasteiger partial charge is 0.479 e. The molecule has 3 rings (SSSR count). The smallest absolute Gasteiger partial charge is 0.333 e. The maximum absolute atomic E-state index is 13.1. The zero-order valence-electron chi connectivity index (χ0n) is 13.3. The summed E-state index contributed by atoms with van der Waals surface area (Å²) in [5.41, 5.74) is 1.49. The molecule has 2 aromatic carbocycles. The van der Waals surface area contributed by atoms with E-state index in [0.29, 0.717) is 11.1 Å². The van der Waals surface area contributed by atoms with Crippen molar-refractivity contribution in [1.82, 2.24) is 5.32 Å². The summed E-state index contributed by atoms with van der Waals surface area (Å²) in [6.45, 7) is 1.40. The highest BCUT2D eigenvalue weighted by Crippen LogP contribution is 2.25. The second-order valence-electron chi connectivity index (χ2n) is 6.23. The molecule has 2 N–H and O–H groups in total. The molecule has 24 heavy (non-hydrogen) atoms. The first-order valence-electron chi connectivity index (χ1n) is 7.84. The van der Waals surface area contributed by atoms with Crippen molar-refractivity contribution >= 4 is 11.9 Å². The van der Waals surface area contributed by atoms with Gasteiger partial charge in [0.25, 0.3) is 5.91 Å². The molecule has 1 atom stereocenters. The minimum Gasteiger partial charge on any atom is -0.479 e. The fraction of sp³-hybridized carbons (Fsp3) is 0.263. The molecule has 0 fully saturated rings. The van der Waals surface area contributed by atoms with Crippen molar-refractivity contribution < 1.29 is 19.1 Å². The van der Waals surface area contributed by atoms with Gasteiger partial charge >= 0.3 is 5.97 Å². The fourth-order valence-corrected chi connectivity index (χ4v) is 3.04. The lowest BCUT2D eigenvalue weighted by molar-refractivity contribution is -0.144. The van der Waals surface area contributed by atoms with Crippen molar-refractivity contribution in [1.29, 1.82) is 0 Å². The molecule has 1 aliphatic rings. The Morgan fingerprint density at radius 2 is 1.75 bits per heavy atom. The average Bonchev–Trinajstić information content (AvgIpc) is 3.02. The highest BCUT2D eigenvalue weighted by atomic mass is 19.1. The summed E-state index contributed by atoms with van der Waals surface area (Å²) in [6, 6.07) is 10.6. The quantitative estimate of drug-likeness (QED) is 0.907. The summed E-state index contributed by atoms with van der Waals surface area (Å²) in [6.07, 6.45) is 3.02. The van der Waals surface area contributed by atoms with E-state index in [1.54, 1.807) is 6.07 Å². The Balaban J connectivity index is 1.89. The number of halogens is 1. The Morgan fingerprint density at radius 3 is 2.42 bits per heavy atom. The van der Waals surface area contributed by atoms with Crippen LogP contribution in [-0.4, -0.2) is 17.0 Å². The number of carbonyl (C=O) groups excluding carboxylic acids is 1. The molecule has 0 spiro atoms. The summed E-state index contributed by atoms with van der Waals surface area (Å²) in [5.74, 6) is -2.13. The van der Waals surface area contributed by atoms with Gasteiger partial charge in [0.2, 0.25) is 0 Å². The lowest BCUT2D eigenvalue weighted by atomic mass is 9.91. The Morgan fingerprint density at radius 1 is 1.08 bits per heavy atom. The van der Waals surface area contributed by atoms with Gasteiger partial charge in [0.15, 0.2) is 5.54 Å². The van der Waals surface area contributed by atoms with Crippen LogP contribution < -0.4 is 5.32 Å². The molecule has 0 bridgehead atoms. The first-order chi connectivity index (χ1) is 11.4. The normalized spacial score (nSPS) is 15.4. The van der Waals surface area contributed by atoms with Crippen LogP contribution in [0.1, 0.15) is 40.4 Å². The molecular weight excluding hydrogens is 309 g/mol. The number of amides is 1. The molecule has 0 aromatic heterocycles. The molecule has 0 heterocycles. The highest BCUT2D eigenvalue weighted by molar-refractivity contribution is 5.98. The van der Waals surface area contributed by atoms with E-state index in [1.165, 1.54) is 36.8 Å². The summed E-state index contributed by atoms with van der Waals surface area (Å²) in [4.78, 5) is 24.3. The number of fused-ring (bicyclic) bond motifs is 1. The first-order valence-corrected chi connectivity index (χ1v) is 7.84. The molecule has 1 amide bonds. The molecule has 4 nitrogen and oxygen atoms in total. The molecule has 0 saturated heterocycles. The van der Waals surface area contributed by atoms with Crippen molar-refractivity contribution in [3.05, 3.63) is 70.5 Å². The standard InChI is InChI=1S/C19H18FNO3/c1-19(18(23)24,15-7-9-16(20)10-8-15)21-17(22)14-6-5-12-3-2-4-13(12)11-14/h5-11H,2-4H2,1H3,(H,21,22)(H,23,24). The second kappa shape index (κ2) is 6.07. The van der Waals surface area contributed by atoms with Gasteiger partial charge in [-0.3, -0.25) is 4.79 Å². The molecule has 2 aromatic rings. The van der Waals surface area contributed by atoms with Gasteiger partial charge in [0.1, 0.15) is 5.82 Å². The number of nitrogens with one attached hydrogen (secondary N) is 1. The van der Waals surface area contributed by atoms with E-state index in [-0.39, 0.29) is 0 Å². The number of aryl methyl sites for hydroxylation is 2. The maximum Gasteiger partial charge on any atom is 0.333 e. The van der Waals surface area contributed by atoms with Crippen molar-refractivity contribution in [3.63, 3.8) is 0 Å². The van der Waals surface area contributed by atoms with Gasteiger partial charge in [-0.05, 0) is 67.1 Å². The average molecular weight is 327 g/mol. The van der Waals surface area contributed by atoms with Crippen molar-refractivity contribution in [2.75, 3.05) is 0 Å². The third-order valence-electron chi connectivity index (χ3n) is 4.57. The summed E-state index contributed by atoms with van der Waals surface area (Å²) in [7, 11) is 0. The molecule has 1 aliphatic carbocycles. The number of carboxylic acids is 1. The SMILES string of the molecule is CC(NC(=O)c1ccc2c(c1)CCC2)(C(=O)O)c1ccc(F)cc1. The number of carboxylic acid groups (broad SMARTS) is 1. The minimum atomic E-state index is -1.64. The van der Waals surface area contributed by atoms with E-state index >= 15 is 0 Å². The summed E-state index contributed by atoms with van der Waals surface area (Å²) < 4.78 is 13.1. The Labute approximate surface area is 139 Å². The van der Waals surface area contributed by atoms with Gasteiger partial charge in [0.05, 0.1) is 0 Å². The Bertz CT molecular complexity index is 801. The molecular formula is C19H18FNO3. The van der Waals surface area contributed by atoms with Gasteiger partial charge < -0.3 is 10.4 Å². The van der Waals surface area contributed by atoms with Crippen LogP contribution >= 0.6 is 0 Å². The summed E-state index contributed by atoms with van der Waals surface area (Å²) in [5, 5.41) is 12.2. The first kappa shape index (κ1) is 16.2. The predicted molar refractivity (Wildman–Crippen MR) is 87.3 cm³/mol. The number of aliphatic carboxylic acids is 1. The number of rotatable bonds is 4. The number of benzene rings is 2. The van der Waals surface area contributed by atoms with Crippen LogP contribution in [0.15, 0.2) is 42.5 Å². The van der Waals surface area contributed by atoms with E-state index in [2.05, 4.69) is 5.32 Å². The van der Waals surface area contributed by atoms with Gasteiger partial charge in [-0.2, -0.15) is 0 Å². The molecule has 124 valence electrons. The van der Waals surface area contributed by atoms with E-state index < -0.39 is 23.2 Å². The minimum absolute atomic E-state index is 0.311. The lowest BCUT2D eigenvalue weighted by Gasteiger charge is -2.27. The van der Waals surface area contributed by atoms with Gasteiger partial charge in [-0.15, -0.1) is 0 Å². The monoisotopic (exact) mass is 327 g/mol. The topological polar surface area (TPSA) is 66.4 Å².